The Morgan fingerprint density at radius 2 is 2.00 bits per heavy atom. The van der Waals surface area contributed by atoms with Gasteiger partial charge in [-0.2, -0.15) is 0 Å². The molecule has 0 aliphatic carbocycles. The highest BCUT2D eigenvalue weighted by Crippen LogP contribution is 2.28. The van der Waals surface area contributed by atoms with Gasteiger partial charge in [-0.3, -0.25) is 0 Å². The third-order valence-electron chi connectivity index (χ3n) is 6.13. The maximum absolute atomic E-state index is 6.13. The first-order valence-corrected chi connectivity index (χ1v) is 12.4. The standard InChI is InChI=1S/C26H29N5OS/c1-17(20-4-3-5-22(12-20)32-15-19-8-10-27-11-9-19)29-26-14-24(30-18(2)31-26)21-6-7-23-25(13-21)33-16-28-23/h3-7,12-14,16-17,19,27H,8-11,15H2,1-2H3,(H,29,30,31). The Bertz CT molecular complexity index is 1230. The summed E-state index contributed by atoms with van der Waals surface area (Å²) in [6.07, 6.45) is 2.37. The van der Waals surface area contributed by atoms with Crippen LogP contribution in [0.3, 0.4) is 0 Å². The highest BCUT2D eigenvalue weighted by Gasteiger charge is 2.15. The van der Waals surface area contributed by atoms with Crippen molar-refractivity contribution >= 4 is 27.4 Å². The number of hydrogen-bond donors (Lipinski definition) is 2. The molecule has 1 saturated heterocycles. The molecule has 6 nitrogen and oxygen atoms in total. The number of benzene rings is 2. The molecule has 7 heteroatoms. The first kappa shape index (κ1) is 21.8. The van der Waals surface area contributed by atoms with Crippen LogP contribution in [0.15, 0.2) is 54.0 Å². The minimum Gasteiger partial charge on any atom is -0.493 e. The second-order valence-electron chi connectivity index (χ2n) is 8.66. The molecule has 0 saturated carbocycles. The Hall–Kier alpha value is -3.03. The van der Waals surface area contributed by atoms with Crippen molar-refractivity contribution in [2.75, 3.05) is 25.0 Å². The van der Waals surface area contributed by atoms with Crippen LogP contribution < -0.4 is 15.4 Å². The van der Waals surface area contributed by atoms with Crippen LogP contribution in [0.25, 0.3) is 21.5 Å². The van der Waals surface area contributed by atoms with Gasteiger partial charge in [-0.25, -0.2) is 15.0 Å². The molecule has 1 fully saturated rings. The van der Waals surface area contributed by atoms with Crippen molar-refractivity contribution in [1.29, 1.82) is 0 Å². The van der Waals surface area contributed by atoms with Crippen LogP contribution in [0.5, 0.6) is 5.75 Å². The maximum Gasteiger partial charge on any atom is 0.130 e. The SMILES string of the molecule is Cc1nc(NC(C)c2cccc(OCC3CCNCC3)c2)cc(-c2ccc3ncsc3c2)n1. The highest BCUT2D eigenvalue weighted by molar-refractivity contribution is 7.16. The third kappa shape index (κ3) is 5.31. The number of ether oxygens (including phenoxy) is 1. The number of thiazole rings is 1. The fraction of sp³-hybridized carbons (Fsp3) is 0.346. The molecule has 170 valence electrons. The van der Waals surface area contributed by atoms with Crippen molar-refractivity contribution in [2.45, 2.75) is 32.7 Å². The quantitative estimate of drug-likeness (QED) is 0.374. The van der Waals surface area contributed by atoms with E-state index in [9.17, 15) is 0 Å². The number of nitrogens with zero attached hydrogens (tertiary/aromatic N) is 3. The summed E-state index contributed by atoms with van der Waals surface area (Å²) in [5, 5.41) is 6.96. The van der Waals surface area contributed by atoms with Crippen molar-refractivity contribution in [2.24, 2.45) is 5.92 Å². The number of hydrogen-bond acceptors (Lipinski definition) is 7. The average molecular weight is 460 g/mol. The fourth-order valence-corrected chi connectivity index (χ4v) is 4.96. The number of fused-ring (bicyclic) bond motifs is 1. The molecule has 0 bridgehead atoms. The molecule has 5 rings (SSSR count). The molecular formula is C26H29N5OS. The molecule has 0 spiro atoms. The van der Waals surface area contributed by atoms with E-state index in [1.807, 2.05) is 30.6 Å². The Kier molecular flexibility index (Phi) is 6.51. The van der Waals surface area contributed by atoms with Crippen LogP contribution in [0.1, 0.15) is 37.2 Å². The van der Waals surface area contributed by atoms with Gasteiger partial charge < -0.3 is 15.4 Å². The highest BCUT2D eigenvalue weighted by atomic mass is 32.1. The Morgan fingerprint density at radius 3 is 2.88 bits per heavy atom. The van der Waals surface area contributed by atoms with E-state index in [1.165, 1.54) is 18.4 Å². The molecule has 33 heavy (non-hydrogen) atoms. The van der Waals surface area contributed by atoms with Gasteiger partial charge in [0.15, 0.2) is 0 Å². The molecule has 0 radical (unpaired) electrons. The minimum atomic E-state index is 0.0820. The lowest BCUT2D eigenvalue weighted by atomic mass is 9.99. The predicted octanol–water partition coefficient (Wildman–Crippen LogP) is 5.61. The molecule has 2 aromatic heterocycles. The molecule has 2 aromatic carbocycles. The predicted molar refractivity (Wildman–Crippen MR) is 135 cm³/mol. The molecule has 2 N–H and O–H groups in total. The number of nitrogens with one attached hydrogen (secondary N) is 2. The average Bonchev–Trinajstić information content (AvgIpc) is 3.31. The molecule has 1 unspecified atom stereocenters. The summed E-state index contributed by atoms with van der Waals surface area (Å²) < 4.78 is 7.29. The summed E-state index contributed by atoms with van der Waals surface area (Å²) in [4.78, 5) is 13.7. The summed E-state index contributed by atoms with van der Waals surface area (Å²) in [6.45, 7) is 7.04. The lowest BCUT2D eigenvalue weighted by Crippen LogP contribution is -2.30. The van der Waals surface area contributed by atoms with Crippen LogP contribution in [0.2, 0.25) is 0 Å². The van der Waals surface area contributed by atoms with Gasteiger partial charge in [0.25, 0.3) is 0 Å². The monoisotopic (exact) mass is 459 g/mol. The van der Waals surface area contributed by atoms with Crippen molar-refractivity contribution in [1.82, 2.24) is 20.3 Å². The van der Waals surface area contributed by atoms with Gasteiger partial charge in [-0.15, -0.1) is 11.3 Å². The summed E-state index contributed by atoms with van der Waals surface area (Å²) in [7, 11) is 0. The van der Waals surface area contributed by atoms with Gasteiger partial charge in [-0.1, -0.05) is 18.2 Å². The molecule has 3 heterocycles. The lowest BCUT2D eigenvalue weighted by Gasteiger charge is -2.23. The van der Waals surface area contributed by atoms with Gasteiger partial charge in [0.05, 0.1) is 34.1 Å². The van der Waals surface area contributed by atoms with Crippen molar-refractivity contribution < 1.29 is 4.74 Å². The maximum atomic E-state index is 6.13. The van der Waals surface area contributed by atoms with Crippen molar-refractivity contribution in [3.63, 3.8) is 0 Å². The van der Waals surface area contributed by atoms with Gasteiger partial charge in [0.1, 0.15) is 17.4 Å². The lowest BCUT2D eigenvalue weighted by molar-refractivity contribution is 0.215. The zero-order chi connectivity index (χ0) is 22.6. The zero-order valence-electron chi connectivity index (χ0n) is 19.0. The molecule has 1 aliphatic heterocycles. The van der Waals surface area contributed by atoms with Gasteiger partial charge in [0.2, 0.25) is 0 Å². The topological polar surface area (TPSA) is 72.0 Å². The summed E-state index contributed by atoms with van der Waals surface area (Å²) >= 11 is 1.64. The molecule has 0 amide bonds. The zero-order valence-corrected chi connectivity index (χ0v) is 19.9. The van der Waals surface area contributed by atoms with E-state index < -0.39 is 0 Å². The van der Waals surface area contributed by atoms with Crippen LogP contribution in [-0.4, -0.2) is 34.6 Å². The second kappa shape index (κ2) is 9.85. The number of piperidine rings is 1. The van der Waals surface area contributed by atoms with E-state index in [2.05, 4.69) is 62.8 Å². The van der Waals surface area contributed by atoms with E-state index in [0.717, 1.165) is 58.6 Å². The van der Waals surface area contributed by atoms with Gasteiger partial charge in [-0.05, 0) is 75.5 Å². The smallest absolute Gasteiger partial charge is 0.130 e. The summed E-state index contributed by atoms with van der Waals surface area (Å²) in [6, 6.07) is 16.7. The van der Waals surface area contributed by atoms with Crippen LogP contribution >= 0.6 is 11.3 Å². The number of rotatable bonds is 7. The first-order valence-electron chi connectivity index (χ1n) is 11.5. The molecule has 4 aromatic rings. The van der Waals surface area contributed by atoms with E-state index in [-0.39, 0.29) is 6.04 Å². The first-order chi connectivity index (χ1) is 16.1. The summed E-state index contributed by atoms with van der Waals surface area (Å²) in [5.41, 5.74) is 6.04. The van der Waals surface area contributed by atoms with E-state index in [4.69, 9.17) is 4.74 Å². The van der Waals surface area contributed by atoms with E-state index in [1.54, 1.807) is 11.3 Å². The van der Waals surface area contributed by atoms with Gasteiger partial charge >= 0.3 is 0 Å². The Labute approximate surface area is 198 Å². The summed E-state index contributed by atoms with van der Waals surface area (Å²) in [5.74, 6) is 3.12. The van der Waals surface area contributed by atoms with Crippen LogP contribution in [-0.2, 0) is 0 Å². The van der Waals surface area contributed by atoms with Crippen LogP contribution in [0, 0.1) is 12.8 Å². The Morgan fingerprint density at radius 1 is 1.12 bits per heavy atom. The van der Waals surface area contributed by atoms with Crippen molar-refractivity contribution in [3.05, 3.63) is 65.4 Å². The van der Waals surface area contributed by atoms with E-state index in [0.29, 0.717) is 5.92 Å². The molecule has 1 atom stereocenters. The number of anilines is 1. The molecular weight excluding hydrogens is 430 g/mol. The largest absolute Gasteiger partial charge is 0.493 e. The van der Waals surface area contributed by atoms with E-state index >= 15 is 0 Å². The van der Waals surface area contributed by atoms with Crippen LogP contribution in [0.4, 0.5) is 5.82 Å². The number of aromatic nitrogens is 3. The van der Waals surface area contributed by atoms with Crippen molar-refractivity contribution in [3.8, 4) is 17.0 Å². The van der Waals surface area contributed by atoms with Gasteiger partial charge in [0, 0.05) is 11.6 Å². The second-order valence-corrected chi connectivity index (χ2v) is 9.55. The number of aryl methyl sites for hydroxylation is 1. The third-order valence-corrected chi connectivity index (χ3v) is 6.92. The Balaban J connectivity index is 1.29. The minimum absolute atomic E-state index is 0.0820. The fourth-order valence-electron chi connectivity index (χ4n) is 4.25. The normalized spacial score (nSPS) is 15.5. The molecule has 1 aliphatic rings.